The first-order valence-electron chi connectivity index (χ1n) is 3.99. The van der Waals surface area contributed by atoms with Crippen LogP contribution in [0.2, 0.25) is 0 Å². The standard InChI is InChI=1S/C9H14O/c1-2-9(10)8-6-4-3-5-7-8/h1,8-10H,3-7H2. The van der Waals surface area contributed by atoms with Crippen LogP contribution < -0.4 is 0 Å². The minimum absolute atomic E-state index is 0.388. The third-order valence-corrected chi connectivity index (χ3v) is 2.27. The molecule has 0 bridgehead atoms. The summed E-state index contributed by atoms with van der Waals surface area (Å²) in [4.78, 5) is 0. The molecule has 0 heterocycles. The summed E-state index contributed by atoms with van der Waals surface area (Å²) in [5.41, 5.74) is 0. The van der Waals surface area contributed by atoms with Crippen LogP contribution in [0, 0.1) is 18.3 Å². The first kappa shape index (κ1) is 7.63. The quantitative estimate of drug-likeness (QED) is 0.545. The van der Waals surface area contributed by atoms with E-state index in [1.165, 1.54) is 19.3 Å². The van der Waals surface area contributed by atoms with E-state index in [0.717, 1.165) is 12.8 Å². The molecule has 1 aliphatic rings. The molecule has 1 aliphatic carbocycles. The number of hydrogen-bond acceptors (Lipinski definition) is 1. The zero-order valence-corrected chi connectivity index (χ0v) is 6.21. The molecule has 0 radical (unpaired) electrons. The lowest BCUT2D eigenvalue weighted by Crippen LogP contribution is -2.20. The Morgan fingerprint density at radius 1 is 1.30 bits per heavy atom. The topological polar surface area (TPSA) is 20.2 Å². The van der Waals surface area contributed by atoms with Crippen molar-refractivity contribution in [2.75, 3.05) is 0 Å². The molecular formula is C9H14O. The number of hydrogen-bond donors (Lipinski definition) is 1. The molecule has 1 atom stereocenters. The first-order chi connectivity index (χ1) is 4.84. The fourth-order valence-electron chi connectivity index (χ4n) is 1.59. The summed E-state index contributed by atoms with van der Waals surface area (Å²) < 4.78 is 0. The van der Waals surface area contributed by atoms with Gasteiger partial charge in [-0.25, -0.2) is 0 Å². The molecule has 56 valence electrons. The van der Waals surface area contributed by atoms with E-state index >= 15 is 0 Å². The number of aliphatic hydroxyl groups excluding tert-OH is 1. The average Bonchev–Trinajstić information content (AvgIpc) is 2.05. The van der Waals surface area contributed by atoms with Gasteiger partial charge >= 0.3 is 0 Å². The Hall–Kier alpha value is -0.480. The molecule has 0 saturated heterocycles. The molecular weight excluding hydrogens is 124 g/mol. The number of aliphatic hydroxyl groups is 1. The van der Waals surface area contributed by atoms with Crippen molar-refractivity contribution in [3.05, 3.63) is 0 Å². The molecule has 0 spiro atoms. The Morgan fingerprint density at radius 2 is 1.90 bits per heavy atom. The van der Waals surface area contributed by atoms with E-state index in [4.69, 9.17) is 6.42 Å². The third-order valence-electron chi connectivity index (χ3n) is 2.27. The second-order valence-corrected chi connectivity index (χ2v) is 3.01. The van der Waals surface area contributed by atoms with Crippen molar-refractivity contribution in [3.8, 4) is 12.3 Å². The van der Waals surface area contributed by atoms with Crippen LogP contribution in [-0.2, 0) is 0 Å². The van der Waals surface area contributed by atoms with Gasteiger partial charge in [0.15, 0.2) is 0 Å². The lowest BCUT2D eigenvalue weighted by atomic mass is 9.86. The van der Waals surface area contributed by atoms with Crippen LogP contribution in [0.1, 0.15) is 32.1 Å². The molecule has 1 rings (SSSR count). The fraction of sp³-hybridized carbons (Fsp3) is 0.778. The van der Waals surface area contributed by atoms with Crippen LogP contribution in [0.5, 0.6) is 0 Å². The van der Waals surface area contributed by atoms with Crippen LogP contribution >= 0.6 is 0 Å². The van der Waals surface area contributed by atoms with Gasteiger partial charge in [0.05, 0.1) is 0 Å². The molecule has 10 heavy (non-hydrogen) atoms. The Labute approximate surface area is 62.4 Å². The summed E-state index contributed by atoms with van der Waals surface area (Å²) in [6, 6.07) is 0. The molecule has 1 saturated carbocycles. The summed E-state index contributed by atoms with van der Waals surface area (Å²) in [6.45, 7) is 0. The number of rotatable bonds is 1. The van der Waals surface area contributed by atoms with Gasteiger partial charge in [-0.1, -0.05) is 25.2 Å². The van der Waals surface area contributed by atoms with Crippen molar-refractivity contribution in [2.24, 2.45) is 5.92 Å². The van der Waals surface area contributed by atoms with Gasteiger partial charge in [-0.3, -0.25) is 0 Å². The molecule has 1 nitrogen and oxygen atoms in total. The lowest BCUT2D eigenvalue weighted by molar-refractivity contribution is 0.133. The molecule has 0 aromatic heterocycles. The summed E-state index contributed by atoms with van der Waals surface area (Å²) in [5, 5.41) is 9.25. The summed E-state index contributed by atoms with van der Waals surface area (Å²) >= 11 is 0. The minimum atomic E-state index is -0.486. The van der Waals surface area contributed by atoms with Gasteiger partial charge < -0.3 is 5.11 Å². The Bertz CT molecular complexity index is 128. The van der Waals surface area contributed by atoms with Gasteiger partial charge in [0, 0.05) is 0 Å². The second kappa shape index (κ2) is 3.63. The third kappa shape index (κ3) is 1.75. The maximum Gasteiger partial charge on any atom is 0.117 e. The molecule has 0 aromatic rings. The van der Waals surface area contributed by atoms with Crippen LogP contribution in [0.4, 0.5) is 0 Å². The summed E-state index contributed by atoms with van der Waals surface area (Å²) in [6.07, 6.45) is 10.6. The average molecular weight is 138 g/mol. The largest absolute Gasteiger partial charge is 0.380 e. The zero-order valence-electron chi connectivity index (χ0n) is 6.21. The summed E-state index contributed by atoms with van der Waals surface area (Å²) in [5.74, 6) is 2.78. The van der Waals surface area contributed by atoms with Crippen molar-refractivity contribution in [1.82, 2.24) is 0 Å². The van der Waals surface area contributed by atoms with Crippen LogP contribution in [0.3, 0.4) is 0 Å². The Balaban J connectivity index is 2.33. The Kier molecular flexibility index (Phi) is 2.77. The minimum Gasteiger partial charge on any atom is -0.380 e. The lowest BCUT2D eigenvalue weighted by Gasteiger charge is -2.22. The van der Waals surface area contributed by atoms with Gasteiger partial charge in [0.2, 0.25) is 0 Å². The van der Waals surface area contributed by atoms with Crippen LogP contribution in [0.25, 0.3) is 0 Å². The highest BCUT2D eigenvalue weighted by molar-refractivity contribution is 4.97. The van der Waals surface area contributed by atoms with Crippen molar-refractivity contribution < 1.29 is 5.11 Å². The highest BCUT2D eigenvalue weighted by Gasteiger charge is 2.19. The molecule has 0 aliphatic heterocycles. The van der Waals surface area contributed by atoms with E-state index in [2.05, 4.69) is 5.92 Å². The van der Waals surface area contributed by atoms with E-state index in [0.29, 0.717) is 5.92 Å². The van der Waals surface area contributed by atoms with Crippen LogP contribution in [0.15, 0.2) is 0 Å². The normalized spacial score (nSPS) is 23.6. The van der Waals surface area contributed by atoms with Gasteiger partial charge in [0.25, 0.3) is 0 Å². The molecule has 1 unspecified atom stereocenters. The van der Waals surface area contributed by atoms with Crippen molar-refractivity contribution >= 4 is 0 Å². The van der Waals surface area contributed by atoms with E-state index in [1.54, 1.807) is 0 Å². The highest BCUT2D eigenvalue weighted by Crippen LogP contribution is 2.25. The van der Waals surface area contributed by atoms with E-state index < -0.39 is 6.10 Å². The predicted molar refractivity (Wildman–Crippen MR) is 41.4 cm³/mol. The second-order valence-electron chi connectivity index (χ2n) is 3.01. The van der Waals surface area contributed by atoms with Crippen molar-refractivity contribution in [1.29, 1.82) is 0 Å². The molecule has 1 N–H and O–H groups in total. The Morgan fingerprint density at radius 3 is 2.40 bits per heavy atom. The summed E-state index contributed by atoms with van der Waals surface area (Å²) in [7, 11) is 0. The molecule has 0 aromatic carbocycles. The maximum atomic E-state index is 9.25. The van der Waals surface area contributed by atoms with Crippen molar-refractivity contribution in [3.63, 3.8) is 0 Å². The molecule has 1 fully saturated rings. The predicted octanol–water partition coefficient (Wildman–Crippen LogP) is 1.56. The van der Waals surface area contributed by atoms with Crippen molar-refractivity contribution in [2.45, 2.75) is 38.2 Å². The van der Waals surface area contributed by atoms with Crippen LogP contribution in [-0.4, -0.2) is 11.2 Å². The van der Waals surface area contributed by atoms with Gasteiger partial charge in [-0.15, -0.1) is 6.42 Å². The first-order valence-corrected chi connectivity index (χ1v) is 3.99. The smallest absolute Gasteiger partial charge is 0.117 e. The monoisotopic (exact) mass is 138 g/mol. The molecule has 1 heteroatoms. The molecule has 0 amide bonds. The van der Waals surface area contributed by atoms with E-state index in [9.17, 15) is 5.11 Å². The SMILES string of the molecule is C#CC(O)C1CCCCC1. The van der Waals surface area contributed by atoms with Gasteiger partial charge in [0.1, 0.15) is 6.10 Å². The fourth-order valence-corrected chi connectivity index (χ4v) is 1.59. The van der Waals surface area contributed by atoms with Gasteiger partial charge in [-0.05, 0) is 18.8 Å². The van der Waals surface area contributed by atoms with Gasteiger partial charge in [-0.2, -0.15) is 0 Å². The number of terminal acetylenes is 1. The van der Waals surface area contributed by atoms with E-state index in [1.807, 2.05) is 0 Å². The maximum absolute atomic E-state index is 9.25. The zero-order chi connectivity index (χ0) is 7.40. The highest BCUT2D eigenvalue weighted by atomic mass is 16.3. The van der Waals surface area contributed by atoms with E-state index in [-0.39, 0.29) is 0 Å².